The van der Waals surface area contributed by atoms with Crippen molar-refractivity contribution in [1.29, 1.82) is 0 Å². The SMILES string of the molecule is CC(O)CC(C)(C)CNC(=O)c1cccnc1Sc1ccccc1. The van der Waals surface area contributed by atoms with Crippen LogP contribution >= 0.6 is 11.8 Å². The zero-order valence-corrected chi connectivity index (χ0v) is 15.1. The van der Waals surface area contributed by atoms with Crippen molar-refractivity contribution >= 4 is 17.7 Å². The molecule has 2 N–H and O–H groups in total. The minimum atomic E-state index is -0.389. The molecule has 1 heterocycles. The second-order valence-corrected chi connectivity index (χ2v) is 7.73. The molecule has 2 aromatic rings. The first-order valence-corrected chi connectivity index (χ1v) is 8.83. The van der Waals surface area contributed by atoms with Crippen LogP contribution in [0.25, 0.3) is 0 Å². The van der Waals surface area contributed by atoms with Crippen molar-refractivity contribution < 1.29 is 9.90 Å². The minimum absolute atomic E-state index is 0.139. The van der Waals surface area contributed by atoms with Gasteiger partial charge in [-0.25, -0.2) is 4.98 Å². The molecule has 0 saturated heterocycles. The van der Waals surface area contributed by atoms with Crippen molar-refractivity contribution in [2.24, 2.45) is 5.41 Å². The predicted molar refractivity (Wildman–Crippen MR) is 97.2 cm³/mol. The van der Waals surface area contributed by atoms with Crippen LogP contribution in [0.3, 0.4) is 0 Å². The Labute approximate surface area is 147 Å². The number of benzene rings is 1. The first-order valence-electron chi connectivity index (χ1n) is 8.01. The Morgan fingerprint density at radius 3 is 2.62 bits per heavy atom. The van der Waals surface area contributed by atoms with Crippen LogP contribution in [0.2, 0.25) is 0 Å². The van der Waals surface area contributed by atoms with Gasteiger partial charge in [0.05, 0.1) is 11.7 Å². The first-order chi connectivity index (χ1) is 11.4. The topological polar surface area (TPSA) is 62.2 Å². The molecule has 1 unspecified atom stereocenters. The van der Waals surface area contributed by atoms with Crippen molar-refractivity contribution in [3.05, 3.63) is 54.2 Å². The van der Waals surface area contributed by atoms with E-state index >= 15 is 0 Å². The van der Waals surface area contributed by atoms with E-state index < -0.39 is 0 Å². The molecule has 128 valence electrons. The van der Waals surface area contributed by atoms with Crippen LogP contribution < -0.4 is 5.32 Å². The summed E-state index contributed by atoms with van der Waals surface area (Å²) < 4.78 is 0. The molecule has 1 atom stereocenters. The molecule has 1 amide bonds. The maximum atomic E-state index is 12.6. The highest BCUT2D eigenvalue weighted by molar-refractivity contribution is 7.99. The summed E-state index contributed by atoms with van der Waals surface area (Å²) in [6, 6.07) is 13.4. The van der Waals surface area contributed by atoms with Gasteiger partial charge in [0.15, 0.2) is 0 Å². The van der Waals surface area contributed by atoms with Crippen LogP contribution in [-0.4, -0.2) is 28.6 Å². The number of aromatic nitrogens is 1. The van der Waals surface area contributed by atoms with Crippen molar-refractivity contribution in [1.82, 2.24) is 10.3 Å². The molecule has 0 aliphatic carbocycles. The molecule has 0 saturated carbocycles. The quantitative estimate of drug-likeness (QED) is 0.803. The third-order valence-electron chi connectivity index (χ3n) is 3.55. The highest BCUT2D eigenvalue weighted by Gasteiger charge is 2.22. The monoisotopic (exact) mass is 344 g/mol. The fourth-order valence-electron chi connectivity index (χ4n) is 2.53. The van der Waals surface area contributed by atoms with E-state index in [1.54, 1.807) is 25.3 Å². The van der Waals surface area contributed by atoms with E-state index in [4.69, 9.17) is 0 Å². The lowest BCUT2D eigenvalue weighted by atomic mass is 9.87. The van der Waals surface area contributed by atoms with Gasteiger partial charge in [-0.3, -0.25) is 4.79 Å². The molecule has 0 spiro atoms. The van der Waals surface area contributed by atoms with Gasteiger partial charge in [-0.1, -0.05) is 43.8 Å². The molecule has 24 heavy (non-hydrogen) atoms. The van der Waals surface area contributed by atoms with E-state index in [0.29, 0.717) is 23.6 Å². The second kappa shape index (κ2) is 8.31. The number of aliphatic hydroxyl groups excluding tert-OH is 1. The molecule has 4 nitrogen and oxygen atoms in total. The Morgan fingerprint density at radius 1 is 1.25 bits per heavy atom. The number of rotatable bonds is 7. The van der Waals surface area contributed by atoms with Crippen LogP contribution in [0.15, 0.2) is 58.6 Å². The third kappa shape index (κ3) is 5.65. The molecule has 1 aromatic carbocycles. The molecular weight excluding hydrogens is 320 g/mol. The lowest BCUT2D eigenvalue weighted by molar-refractivity contribution is 0.0898. The number of pyridine rings is 1. The normalized spacial score (nSPS) is 12.7. The van der Waals surface area contributed by atoms with Gasteiger partial charge >= 0.3 is 0 Å². The van der Waals surface area contributed by atoms with E-state index in [1.807, 2.05) is 44.2 Å². The summed E-state index contributed by atoms with van der Waals surface area (Å²) in [5, 5.41) is 13.2. The van der Waals surface area contributed by atoms with Gasteiger partial charge in [-0.15, -0.1) is 0 Å². The average Bonchev–Trinajstić information content (AvgIpc) is 2.53. The summed E-state index contributed by atoms with van der Waals surface area (Å²) >= 11 is 1.47. The number of nitrogens with one attached hydrogen (secondary N) is 1. The Kier molecular flexibility index (Phi) is 6.40. The standard InChI is InChI=1S/C19H24N2O2S/c1-14(22)12-19(2,3)13-21-17(23)16-10-7-11-20-18(16)24-15-8-5-4-6-9-15/h4-11,14,22H,12-13H2,1-3H3,(H,21,23). The largest absolute Gasteiger partial charge is 0.393 e. The Bertz CT molecular complexity index is 672. The molecule has 1 aromatic heterocycles. The molecular formula is C19H24N2O2S. The number of nitrogens with zero attached hydrogens (tertiary/aromatic N) is 1. The average molecular weight is 344 g/mol. The van der Waals surface area contributed by atoms with Crippen molar-refractivity contribution in [2.45, 2.75) is 43.2 Å². The van der Waals surface area contributed by atoms with Gasteiger partial charge in [-0.2, -0.15) is 0 Å². The highest BCUT2D eigenvalue weighted by atomic mass is 32.2. The molecule has 0 radical (unpaired) electrons. The molecule has 0 aliphatic heterocycles. The molecule has 2 rings (SSSR count). The number of carbonyl (C=O) groups excluding carboxylic acids is 1. The van der Waals surface area contributed by atoms with Crippen molar-refractivity contribution in [3.8, 4) is 0 Å². The van der Waals surface area contributed by atoms with Gasteiger partial charge in [0.2, 0.25) is 0 Å². The van der Waals surface area contributed by atoms with Crippen LogP contribution in [0.5, 0.6) is 0 Å². The fourth-order valence-corrected chi connectivity index (χ4v) is 3.43. The van der Waals surface area contributed by atoms with Gasteiger partial charge in [0.25, 0.3) is 5.91 Å². The Morgan fingerprint density at radius 2 is 1.96 bits per heavy atom. The van der Waals surface area contributed by atoms with Gasteiger partial charge < -0.3 is 10.4 Å². The van der Waals surface area contributed by atoms with E-state index in [2.05, 4.69) is 10.3 Å². The van der Waals surface area contributed by atoms with Crippen molar-refractivity contribution in [2.75, 3.05) is 6.54 Å². The minimum Gasteiger partial charge on any atom is -0.393 e. The smallest absolute Gasteiger partial charge is 0.254 e. The number of amides is 1. The Hall–Kier alpha value is -1.85. The first kappa shape index (κ1) is 18.5. The van der Waals surface area contributed by atoms with E-state index in [1.165, 1.54) is 11.8 Å². The zero-order chi connectivity index (χ0) is 17.6. The predicted octanol–water partition coefficient (Wildman–Crippen LogP) is 3.76. The van der Waals surface area contributed by atoms with Gasteiger partial charge in [-0.05, 0) is 43.0 Å². The fraction of sp³-hybridized carbons (Fsp3) is 0.368. The van der Waals surface area contributed by atoms with Crippen LogP contribution in [0.4, 0.5) is 0 Å². The number of aliphatic hydroxyl groups is 1. The number of hydrogen-bond donors (Lipinski definition) is 2. The van der Waals surface area contributed by atoms with Crippen LogP contribution in [0.1, 0.15) is 37.6 Å². The number of carbonyl (C=O) groups is 1. The Balaban J connectivity index is 2.07. The van der Waals surface area contributed by atoms with Gasteiger partial charge in [0, 0.05) is 17.6 Å². The molecule has 0 bridgehead atoms. The van der Waals surface area contributed by atoms with Crippen molar-refractivity contribution in [3.63, 3.8) is 0 Å². The summed E-state index contributed by atoms with van der Waals surface area (Å²) in [6.07, 6.45) is 1.94. The lowest BCUT2D eigenvalue weighted by Crippen LogP contribution is -2.36. The molecule has 5 heteroatoms. The summed E-state index contributed by atoms with van der Waals surface area (Å²) in [5.41, 5.74) is 0.401. The number of hydrogen-bond acceptors (Lipinski definition) is 4. The van der Waals surface area contributed by atoms with E-state index in [-0.39, 0.29) is 17.4 Å². The summed E-state index contributed by atoms with van der Waals surface area (Å²) in [7, 11) is 0. The summed E-state index contributed by atoms with van der Waals surface area (Å²) in [6.45, 7) is 6.33. The molecule has 0 fully saturated rings. The maximum absolute atomic E-state index is 12.6. The maximum Gasteiger partial charge on any atom is 0.254 e. The van der Waals surface area contributed by atoms with Crippen LogP contribution in [0, 0.1) is 5.41 Å². The van der Waals surface area contributed by atoms with Crippen LogP contribution in [-0.2, 0) is 0 Å². The van der Waals surface area contributed by atoms with E-state index in [9.17, 15) is 9.90 Å². The zero-order valence-electron chi connectivity index (χ0n) is 14.3. The summed E-state index contributed by atoms with van der Waals surface area (Å²) in [4.78, 5) is 18.0. The van der Waals surface area contributed by atoms with Gasteiger partial charge in [0.1, 0.15) is 5.03 Å². The molecule has 0 aliphatic rings. The summed E-state index contributed by atoms with van der Waals surface area (Å²) in [5.74, 6) is -0.139. The lowest BCUT2D eigenvalue weighted by Gasteiger charge is -2.26. The second-order valence-electron chi connectivity index (χ2n) is 6.67. The third-order valence-corrected chi connectivity index (χ3v) is 4.58. The van der Waals surface area contributed by atoms with E-state index in [0.717, 1.165) is 4.90 Å². The highest BCUT2D eigenvalue weighted by Crippen LogP contribution is 2.28.